The maximum Gasteiger partial charge on any atom is 0.316 e. The van der Waals surface area contributed by atoms with E-state index in [1.54, 1.807) is 6.07 Å². The molecule has 0 aliphatic heterocycles. The molecule has 0 fully saturated rings. The summed E-state index contributed by atoms with van der Waals surface area (Å²) >= 11 is 0. The lowest BCUT2D eigenvalue weighted by atomic mass is 9.76. The number of hydrogen-bond acceptors (Lipinski definition) is 4. The van der Waals surface area contributed by atoms with E-state index in [0.29, 0.717) is 11.4 Å². The van der Waals surface area contributed by atoms with Crippen molar-refractivity contribution in [3.63, 3.8) is 0 Å². The van der Waals surface area contributed by atoms with E-state index in [9.17, 15) is 9.90 Å². The van der Waals surface area contributed by atoms with Crippen LogP contribution in [0.1, 0.15) is 62.6 Å². The summed E-state index contributed by atoms with van der Waals surface area (Å²) in [6.07, 6.45) is 3.83. The van der Waals surface area contributed by atoms with Crippen molar-refractivity contribution in [2.45, 2.75) is 45.8 Å². The van der Waals surface area contributed by atoms with Crippen molar-refractivity contribution in [1.29, 1.82) is 0 Å². The molecular weight excluding hydrogens is 568 g/mol. The van der Waals surface area contributed by atoms with Crippen LogP contribution in [0.15, 0.2) is 140 Å². The van der Waals surface area contributed by atoms with Gasteiger partial charge in [-0.3, -0.25) is 4.79 Å². The number of rotatable bonds is 8. The van der Waals surface area contributed by atoms with Crippen LogP contribution in [-0.2, 0) is 15.9 Å². The number of carbonyl (C=O) groups excluding carboxylic acids is 1. The molecule has 0 radical (unpaired) electrons. The molecule has 0 saturated heterocycles. The molecule has 232 valence electrons. The third-order valence-electron chi connectivity index (χ3n) is 8.85. The topological polar surface area (TPSA) is 64.3 Å². The molecule has 5 nitrogen and oxygen atoms in total. The van der Waals surface area contributed by atoms with Gasteiger partial charge in [0.1, 0.15) is 16.9 Å². The second-order valence-corrected chi connectivity index (χ2v) is 13.3. The van der Waals surface area contributed by atoms with Crippen LogP contribution in [0.4, 0.5) is 0 Å². The van der Waals surface area contributed by atoms with E-state index in [0.717, 1.165) is 33.0 Å². The molecule has 0 saturated carbocycles. The van der Waals surface area contributed by atoms with Crippen LogP contribution in [0.2, 0.25) is 0 Å². The zero-order chi connectivity index (χ0) is 32.5. The van der Waals surface area contributed by atoms with Crippen molar-refractivity contribution in [1.82, 2.24) is 9.55 Å². The number of esters is 1. The number of aliphatic hydroxyl groups is 1. The van der Waals surface area contributed by atoms with Crippen LogP contribution in [0, 0.1) is 11.3 Å². The molecule has 6 rings (SSSR count). The number of nitrogens with zero attached hydrogens (tertiary/aromatic N) is 2. The van der Waals surface area contributed by atoms with Gasteiger partial charge < -0.3 is 14.4 Å². The third-order valence-corrected chi connectivity index (χ3v) is 8.85. The van der Waals surface area contributed by atoms with Gasteiger partial charge in [0.25, 0.3) is 0 Å². The summed E-state index contributed by atoms with van der Waals surface area (Å²) in [4.78, 5) is 17.4. The van der Waals surface area contributed by atoms with Crippen LogP contribution in [0.5, 0.6) is 5.75 Å². The van der Waals surface area contributed by atoms with E-state index in [4.69, 9.17) is 9.72 Å². The van der Waals surface area contributed by atoms with E-state index >= 15 is 0 Å². The molecule has 6 aromatic rings. The molecule has 46 heavy (non-hydrogen) atoms. The first-order chi connectivity index (χ1) is 22.0. The van der Waals surface area contributed by atoms with Gasteiger partial charge in [-0.2, -0.15) is 0 Å². The van der Waals surface area contributed by atoms with Gasteiger partial charge in [0.2, 0.25) is 0 Å². The lowest BCUT2D eigenvalue weighted by Crippen LogP contribution is -2.37. The molecule has 1 aromatic heterocycles. The van der Waals surface area contributed by atoms with E-state index in [1.807, 2.05) is 95.7 Å². The van der Waals surface area contributed by atoms with Crippen LogP contribution in [0.25, 0.3) is 10.8 Å². The predicted octanol–water partition coefficient (Wildman–Crippen LogP) is 8.72. The van der Waals surface area contributed by atoms with Crippen molar-refractivity contribution >= 4 is 16.7 Å². The summed E-state index contributed by atoms with van der Waals surface area (Å²) in [5.74, 6) is 0.0165. The van der Waals surface area contributed by atoms with Gasteiger partial charge in [-0.1, -0.05) is 123 Å². The van der Waals surface area contributed by atoms with Gasteiger partial charge in [0.05, 0.1) is 17.4 Å². The van der Waals surface area contributed by atoms with Crippen LogP contribution >= 0.6 is 0 Å². The highest BCUT2D eigenvalue weighted by atomic mass is 16.5. The Balaban J connectivity index is 1.48. The highest BCUT2D eigenvalue weighted by molar-refractivity contribution is 5.86. The molecule has 0 spiro atoms. The number of imidazole rings is 1. The largest absolute Gasteiger partial charge is 0.426 e. The van der Waals surface area contributed by atoms with Crippen molar-refractivity contribution < 1.29 is 14.6 Å². The first kappa shape index (κ1) is 31.0. The summed E-state index contributed by atoms with van der Waals surface area (Å²) in [6, 6.07) is 42.8. The van der Waals surface area contributed by atoms with E-state index in [-0.39, 0.29) is 11.9 Å². The fourth-order valence-electron chi connectivity index (χ4n) is 6.25. The number of ether oxygens (including phenoxy) is 1. The number of fused-ring (bicyclic) bond motifs is 1. The van der Waals surface area contributed by atoms with Crippen molar-refractivity contribution in [3.05, 3.63) is 168 Å². The van der Waals surface area contributed by atoms with Gasteiger partial charge in [0.15, 0.2) is 0 Å². The summed E-state index contributed by atoms with van der Waals surface area (Å²) in [5, 5.41) is 14.4. The summed E-state index contributed by atoms with van der Waals surface area (Å²) in [5.41, 5.74) is 1.82. The Hall–Kier alpha value is -5.00. The maximum absolute atomic E-state index is 12.6. The Bertz CT molecular complexity index is 1860. The quantitative estimate of drug-likeness (QED) is 0.107. The zero-order valence-electron chi connectivity index (χ0n) is 27.0. The smallest absolute Gasteiger partial charge is 0.316 e. The van der Waals surface area contributed by atoms with Crippen molar-refractivity contribution in [2.75, 3.05) is 0 Å². The Kier molecular flexibility index (Phi) is 8.13. The third kappa shape index (κ3) is 5.41. The first-order valence-electron chi connectivity index (χ1n) is 15.7. The Morgan fingerprint density at radius 1 is 0.696 bits per heavy atom. The van der Waals surface area contributed by atoms with Gasteiger partial charge in [-0.05, 0) is 77.9 Å². The molecule has 0 aliphatic rings. The standard InChI is InChI=1S/C41H40N2O3/c1-29(2)41(45,35-23-21-31-26-36(24-22-30(31)25-35)46-38(44)39(3,4)5)37-27-43(28-42-37)40(32-15-9-6-10-16-32,33-17-11-7-12-18-33)34-19-13-8-14-20-34/h6-29,45H,1-5H3. The summed E-state index contributed by atoms with van der Waals surface area (Å²) in [6.45, 7) is 9.52. The molecule has 0 amide bonds. The first-order valence-corrected chi connectivity index (χ1v) is 15.7. The number of aromatic nitrogens is 2. The average molecular weight is 609 g/mol. The second kappa shape index (κ2) is 12.1. The van der Waals surface area contributed by atoms with E-state index < -0.39 is 16.6 Å². The molecule has 0 bridgehead atoms. The highest BCUT2D eigenvalue weighted by Gasteiger charge is 2.42. The number of carbonyl (C=O) groups is 1. The van der Waals surface area contributed by atoms with E-state index in [1.165, 1.54) is 0 Å². The van der Waals surface area contributed by atoms with Crippen LogP contribution < -0.4 is 4.74 Å². The molecule has 1 N–H and O–H groups in total. The Morgan fingerprint density at radius 2 is 1.20 bits per heavy atom. The van der Waals surface area contributed by atoms with Crippen molar-refractivity contribution in [3.8, 4) is 5.75 Å². The minimum atomic E-state index is -1.38. The SMILES string of the molecule is CC(C)C(O)(c1ccc2cc(OC(=O)C(C)(C)C)ccc2c1)c1cn(C(c2ccccc2)(c2ccccc2)c2ccccc2)cn1. The minimum absolute atomic E-state index is 0.195. The monoisotopic (exact) mass is 608 g/mol. The molecule has 1 atom stereocenters. The van der Waals surface area contributed by atoms with Gasteiger partial charge in [0, 0.05) is 6.20 Å². The zero-order valence-corrected chi connectivity index (χ0v) is 27.0. The normalized spacial score (nSPS) is 13.5. The lowest BCUT2D eigenvalue weighted by Gasteiger charge is -2.37. The molecular formula is C41H40N2O3. The molecule has 1 heterocycles. The minimum Gasteiger partial charge on any atom is -0.426 e. The fraction of sp³-hybridized carbons (Fsp3) is 0.220. The van der Waals surface area contributed by atoms with Gasteiger partial charge >= 0.3 is 5.97 Å². The summed E-state index contributed by atoms with van der Waals surface area (Å²) in [7, 11) is 0. The van der Waals surface area contributed by atoms with Gasteiger partial charge in [-0.15, -0.1) is 0 Å². The molecule has 5 heteroatoms. The lowest BCUT2D eigenvalue weighted by molar-refractivity contribution is -0.142. The molecule has 1 unspecified atom stereocenters. The summed E-state index contributed by atoms with van der Waals surface area (Å²) < 4.78 is 7.77. The van der Waals surface area contributed by atoms with Crippen LogP contribution in [-0.4, -0.2) is 20.6 Å². The van der Waals surface area contributed by atoms with Gasteiger partial charge in [-0.25, -0.2) is 4.98 Å². The average Bonchev–Trinajstić information content (AvgIpc) is 3.56. The predicted molar refractivity (Wildman–Crippen MR) is 184 cm³/mol. The number of benzene rings is 5. The Labute approximate surface area is 271 Å². The van der Waals surface area contributed by atoms with Crippen LogP contribution in [0.3, 0.4) is 0 Å². The second-order valence-electron chi connectivity index (χ2n) is 13.3. The van der Waals surface area contributed by atoms with Crippen molar-refractivity contribution in [2.24, 2.45) is 11.3 Å². The Morgan fingerprint density at radius 3 is 1.70 bits per heavy atom. The molecule has 0 aliphatic carbocycles. The maximum atomic E-state index is 12.6. The fourth-order valence-corrected chi connectivity index (χ4v) is 6.25. The molecule has 5 aromatic carbocycles. The van der Waals surface area contributed by atoms with E-state index in [2.05, 4.69) is 77.4 Å². The number of hydrogen-bond donors (Lipinski definition) is 1. The highest BCUT2D eigenvalue weighted by Crippen LogP contribution is 2.43.